The maximum absolute atomic E-state index is 11.5. The number of hydrogen-bond donors (Lipinski definition) is 1. The van der Waals surface area contributed by atoms with Gasteiger partial charge in [0.1, 0.15) is 5.75 Å². The van der Waals surface area contributed by atoms with Gasteiger partial charge in [-0.3, -0.25) is 4.79 Å². The molecule has 1 amide bonds. The lowest BCUT2D eigenvalue weighted by molar-refractivity contribution is -0.123. The van der Waals surface area contributed by atoms with E-state index in [0.29, 0.717) is 15.8 Å². The first-order valence-electron chi connectivity index (χ1n) is 5.40. The number of carbonyl (C=O) groups is 1. The fraction of sp³-hybridized carbons (Fsp3) is 0.417. The van der Waals surface area contributed by atoms with Crippen molar-refractivity contribution >= 4 is 29.1 Å². The third-order valence-corrected chi connectivity index (χ3v) is 2.82. The van der Waals surface area contributed by atoms with Crippen LogP contribution in [0.4, 0.5) is 0 Å². The molecule has 3 nitrogen and oxygen atoms in total. The van der Waals surface area contributed by atoms with Gasteiger partial charge in [0.2, 0.25) is 0 Å². The van der Waals surface area contributed by atoms with Crippen LogP contribution >= 0.6 is 23.2 Å². The first-order valence-corrected chi connectivity index (χ1v) is 6.15. The van der Waals surface area contributed by atoms with Gasteiger partial charge < -0.3 is 10.1 Å². The highest BCUT2D eigenvalue weighted by Gasteiger charge is 2.08. The van der Waals surface area contributed by atoms with Crippen molar-refractivity contribution in [3.63, 3.8) is 0 Å². The van der Waals surface area contributed by atoms with E-state index in [2.05, 4.69) is 5.32 Å². The van der Waals surface area contributed by atoms with Crippen molar-refractivity contribution in [1.82, 2.24) is 5.32 Å². The molecule has 0 saturated carbocycles. The Bertz CT molecular complexity index is 396. The van der Waals surface area contributed by atoms with Gasteiger partial charge in [0, 0.05) is 17.1 Å². The SMILES string of the molecule is CC[C@H](C)NC(=O)COc1cc(Cl)ccc1Cl. The molecule has 0 fully saturated rings. The van der Waals surface area contributed by atoms with Gasteiger partial charge in [-0.25, -0.2) is 0 Å². The van der Waals surface area contributed by atoms with Crippen molar-refractivity contribution < 1.29 is 9.53 Å². The van der Waals surface area contributed by atoms with Gasteiger partial charge in [-0.2, -0.15) is 0 Å². The van der Waals surface area contributed by atoms with E-state index < -0.39 is 0 Å². The maximum Gasteiger partial charge on any atom is 0.258 e. The lowest BCUT2D eigenvalue weighted by Gasteiger charge is -2.12. The molecule has 0 saturated heterocycles. The minimum Gasteiger partial charge on any atom is -0.482 e. The predicted molar refractivity (Wildman–Crippen MR) is 69.9 cm³/mol. The summed E-state index contributed by atoms with van der Waals surface area (Å²) in [5.41, 5.74) is 0. The minimum atomic E-state index is -0.171. The van der Waals surface area contributed by atoms with Gasteiger partial charge >= 0.3 is 0 Å². The van der Waals surface area contributed by atoms with E-state index in [1.54, 1.807) is 18.2 Å². The zero-order chi connectivity index (χ0) is 12.8. The summed E-state index contributed by atoms with van der Waals surface area (Å²) in [5, 5.41) is 3.75. The van der Waals surface area contributed by atoms with Crippen LogP contribution in [0.25, 0.3) is 0 Å². The fourth-order valence-corrected chi connectivity index (χ4v) is 1.48. The summed E-state index contributed by atoms with van der Waals surface area (Å²) in [6.45, 7) is 3.87. The number of halogens is 2. The third-order valence-electron chi connectivity index (χ3n) is 2.27. The van der Waals surface area contributed by atoms with Gasteiger partial charge in [-0.05, 0) is 25.5 Å². The lowest BCUT2D eigenvalue weighted by atomic mass is 10.2. The minimum absolute atomic E-state index is 0.0651. The van der Waals surface area contributed by atoms with E-state index in [9.17, 15) is 4.79 Å². The zero-order valence-electron chi connectivity index (χ0n) is 9.80. The number of ether oxygens (including phenoxy) is 1. The molecule has 1 aromatic rings. The average molecular weight is 276 g/mol. The van der Waals surface area contributed by atoms with Crippen molar-refractivity contribution in [2.24, 2.45) is 0 Å². The third kappa shape index (κ3) is 4.84. The molecule has 94 valence electrons. The van der Waals surface area contributed by atoms with Crippen molar-refractivity contribution in [3.05, 3.63) is 28.2 Å². The normalized spacial score (nSPS) is 12.0. The zero-order valence-corrected chi connectivity index (χ0v) is 11.3. The van der Waals surface area contributed by atoms with Crippen molar-refractivity contribution in [2.45, 2.75) is 26.3 Å². The molecule has 0 aliphatic heterocycles. The fourth-order valence-electron chi connectivity index (χ4n) is 1.15. The van der Waals surface area contributed by atoms with Crippen molar-refractivity contribution in [1.29, 1.82) is 0 Å². The smallest absolute Gasteiger partial charge is 0.258 e. The van der Waals surface area contributed by atoms with Crippen LogP contribution in [-0.2, 0) is 4.79 Å². The van der Waals surface area contributed by atoms with E-state index in [4.69, 9.17) is 27.9 Å². The van der Waals surface area contributed by atoms with Gasteiger partial charge in [0.05, 0.1) is 5.02 Å². The summed E-state index contributed by atoms with van der Waals surface area (Å²) in [7, 11) is 0. The number of benzene rings is 1. The molecule has 5 heteroatoms. The summed E-state index contributed by atoms with van der Waals surface area (Å²) in [5.74, 6) is 0.244. The molecule has 0 bridgehead atoms. The van der Waals surface area contributed by atoms with Crippen LogP contribution in [0.15, 0.2) is 18.2 Å². The van der Waals surface area contributed by atoms with Crippen LogP contribution in [0.5, 0.6) is 5.75 Å². The van der Waals surface area contributed by atoms with Crippen molar-refractivity contribution in [3.8, 4) is 5.75 Å². The molecule has 0 unspecified atom stereocenters. The summed E-state index contributed by atoms with van der Waals surface area (Å²) < 4.78 is 5.30. The quantitative estimate of drug-likeness (QED) is 0.896. The first-order chi connectivity index (χ1) is 8.02. The summed E-state index contributed by atoms with van der Waals surface area (Å²) >= 11 is 11.7. The Balaban J connectivity index is 2.50. The molecule has 0 aliphatic carbocycles. The first kappa shape index (κ1) is 14.1. The summed E-state index contributed by atoms with van der Waals surface area (Å²) in [4.78, 5) is 11.5. The van der Waals surface area contributed by atoms with E-state index in [1.165, 1.54) is 0 Å². The van der Waals surface area contributed by atoms with Gasteiger partial charge in [-0.15, -0.1) is 0 Å². The summed E-state index contributed by atoms with van der Waals surface area (Å²) in [6.07, 6.45) is 0.879. The van der Waals surface area contributed by atoms with E-state index in [0.717, 1.165) is 6.42 Å². The Kier molecular flexibility index (Phi) is 5.59. The monoisotopic (exact) mass is 275 g/mol. The Morgan fingerprint density at radius 1 is 1.47 bits per heavy atom. The highest BCUT2D eigenvalue weighted by molar-refractivity contribution is 6.34. The Morgan fingerprint density at radius 2 is 2.18 bits per heavy atom. The molecule has 0 spiro atoms. The van der Waals surface area contributed by atoms with Crippen LogP contribution in [0.2, 0.25) is 10.0 Å². The molecule has 1 rings (SSSR count). The second-order valence-electron chi connectivity index (χ2n) is 3.74. The Hall–Kier alpha value is -0.930. The van der Waals surface area contributed by atoms with Gasteiger partial charge in [-0.1, -0.05) is 30.1 Å². The second kappa shape index (κ2) is 6.72. The molecule has 0 aromatic heterocycles. The molecule has 0 heterocycles. The topological polar surface area (TPSA) is 38.3 Å². The maximum atomic E-state index is 11.5. The predicted octanol–water partition coefficient (Wildman–Crippen LogP) is 3.29. The lowest BCUT2D eigenvalue weighted by Crippen LogP contribution is -2.35. The number of carbonyl (C=O) groups excluding carboxylic acids is 1. The highest BCUT2D eigenvalue weighted by atomic mass is 35.5. The molecular formula is C12H15Cl2NO2. The molecule has 17 heavy (non-hydrogen) atoms. The van der Waals surface area contributed by atoms with Crippen LogP contribution < -0.4 is 10.1 Å². The number of amides is 1. The molecule has 0 radical (unpaired) electrons. The largest absolute Gasteiger partial charge is 0.482 e. The molecule has 1 aromatic carbocycles. The number of rotatable bonds is 5. The Labute approximate surface area is 111 Å². The van der Waals surface area contributed by atoms with Crippen LogP contribution in [0, 0.1) is 0 Å². The molecule has 0 aliphatic rings. The van der Waals surface area contributed by atoms with Crippen LogP contribution in [0.1, 0.15) is 20.3 Å². The van der Waals surface area contributed by atoms with E-state index >= 15 is 0 Å². The van der Waals surface area contributed by atoms with Gasteiger partial charge in [0.15, 0.2) is 6.61 Å². The summed E-state index contributed by atoms with van der Waals surface area (Å²) in [6, 6.07) is 5.02. The average Bonchev–Trinajstić information content (AvgIpc) is 2.30. The highest BCUT2D eigenvalue weighted by Crippen LogP contribution is 2.27. The van der Waals surface area contributed by atoms with Crippen LogP contribution in [0.3, 0.4) is 0 Å². The molecular weight excluding hydrogens is 261 g/mol. The van der Waals surface area contributed by atoms with Crippen LogP contribution in [-0.4, -0.2) is 18.6 Å². The molecule has 1 atom stereocenters. The standard InChI is InChI=1S/C12H15Cl2NO2/c1-3-8(2)15-12(16)7-17-11-6-9(13)4-5-10(11)14/h4-6,8H,3,7H2,1-2H3,(H,15,16)/t8-/m0/s1. The van der Waals surface area contributed by atoms with E-state index in [1.807, 2.05) is 13.8 Å². The van der Waals surface area contributed by atoms with Crippen molar-refractivity contribution in [2.75, 3.05) is 6.61 Å². The second-order valence-corrected chi connectivity index (χ2v) is 4.58. The number of nitrogens with one attached hydrogen (secondary N) is 1. The molecule has 1 N–H and O–H groups in total. The van der Waals surface area contributed by atoms with Gasteiger partial charge in [0.25, 0.3) is 5.91 Å². The Morgan fingerprint density at radius 3 is 2.82 bits per heavy atom. The van der Waals surface area contributed by atoms with E-state index in [-0.39, 0.29) is 18.6 Å². The number of hydrogen-bond acceptors (Lipinski definition) is 2.